The molecule has 298 valence electrons. The van der Waals surface area contributed by atoms with Crippen molar-refractivity contribution in [3.8, 4) is 0 Å². The van der Waals surface area contributed by atoms with E-state index in [4.69, 9.17) is 43.6 Å². The highest BCUT2D eigenvalue weighted by Gasteiger charge is 2.60. The largest absolute Gasteiger partial charge is 0.477 e. The summed E-state index contributed by atoms with van der Waals surface area (Å²) < 4.78 is 45.7. The second-order valence-electron chi connectivity index (χ2n) is 13.2. The van der Waals surface area contributed by atoms with E-state index < -0.39 is 160 Å². The molecule has 4 aliphatic rings. The topological polar surface area (TPSA) is 360 Å². The molecule has 22 nitrogen and oxygen atoms in total. The predicted molar refractivity (Wildman–Crippen MR) is 160 cm³/mol. The minimum atomic E-state index is -2.96. The Labute approximate surface area is 291 Å². The summed E-state index contributed by atoms with van der Waals surface area (Å²) >= 11 is 0. The zero-order valence-corrected chi connectivity index (χ0v) is 28.0. The smallest absolute Gasteiger partial charge is 0.364 e. The number of carboxylic acids is 1. The monoisotopic (exact) mass is 749 g/mol. The fraction of sp³-hybridized carbons (Fsp3) is 0.966. The van der Waals surface area contributed by atoms with E-state index in [1.54, 1.807) is 6.92 Å². The lowest BCUT2D eigenvalue weighted by atomic mass is 9.88. The van der Waals surface area contributed by atoms with E-state index in [0.29, 0.717) is 0 Å². The highest BCUT2D eigenvalue weighted by molar-refractivity contribution is 5.76. The first-order valence-corrected chi connectivity index (χ1v) is 16.4. The number of aliphatic hydroxyl groups excluding tert-OH is 11. The molecule has 21 atom stereocenters. The van der Waals surface area contributed by atoms with Crippen LogP contribution in [0.25, 0.3) is 0 Å². The van der Waals surface area contributed by atoms with Crippen LogP contribution in [0.5, 0.6) is 0 Å². The molecule has 0 aromatic carbocycles. The fourth-order valence-corrected chi connectivity index (χ4v) is 6.65. The van der Waals surface area contributed by atoms with Crippen molar-refractivity contribution in [1.82, 2.24) is 0 Å². The van der Waals surface area contributed by atoms with Crippen LogP contribution in [0.4, 0.5) is 0 Å². The van der Waals surface area contributed by atoms with Gasteiger partial charge in [0.25, 0.3) is 5.79 Å². The van der Waals surface area contributed by atoms with Gasteiger partial charge in [0.2, 0.25) is 0 Å². The average molecular weight is 750 g/mol. The lowest BCUT2D eigenvalue weighted by Gasteiger charge is -2.51. The minimum Gasteiger partial charge on any atom is -0.477 e. The average Bonchev–Trinajstić information content (AvgIpc) is 3.11. The first-order chi connectivity index (χ1) is 24.0. The Morgan fingerprint density at radius 2 is 1.39 bits per heavy atom. The Bertz CT molecular complexity index is 1130. The standard InChI is InChI=1S/C29H51NO21/c1-8-21(48-26-19(40)18(39)15(36)9(2)45-26)22(13(7-33)47-25(8)44-3)49-27-20(41)24(17(38)12(6-32)46-27)51-29(28(42)43)4-10(34)14(30)23(50-29)16(37)11(35)5-31/h8-27,31-41H,4-7,30H2,1-3H3,(H,42,43)/t8-,9?,10+,11+,12-,13?,14+,15+,16+,17-,18?,19-,20?,21?,22+,23?,24?,25+,26-,27-,29-/m0/s1. The molecule has 7 unspecified atom stereocenters. The summed E-state index contributed by atoms with van der Waals surface area (Å²) in [7, 11) is 1.30. The Kier molecular flexibility index (Phi) is 14.5. The third kappa shape index (κ3) is 8.50. The second kappa shape index (κ2) is 17.4. The van der Waals surface area contributed by atoms with E-state index >= 15 is 0 Å². The van der Waals surface area contributed by atoms with Gasteiger partial charge in [-0.1, -0.05) is 6.92 Å². The lowest BCUT2D eigenvalue weighted by Crippen LogP contribution is -2.70. The molecule has 0 spiro atoms. The van der Waals surface area contributed by atoms with Gasteiger partial charge < -0.3 is 105 Å². The Morgan fingerprint density at radius 1 is 0.804 bits per heavy atom. The fourth-order valence-electron chi connectivity index (χ4n) is 6.65. The molecule has 4 rings (SSSR count). The summed E-state index contributed by atoms with van der Waals surface area (Å²) in [6, 6.07) is -1.50. The first kappa shape index (κ1) is 42.4. The van der Waals surface area contributed by atoms with E-state index in [-0.39, 0.29) is 0 Å². The van der Waals surface area contributed by atoms with Gasteiger partial charge in [-0.05, 0) is 6.92 Å². The van der Waals surface area contributed by atoms with E-state index in [0.717, 1.165) is 0 Å². The van der Waals surface area contributed by atoms with Crippen LogP contribution in [0.2, 0.25) is 0 Å². The Balaban J connectivity index is 1.65. The molecule has 51 heavy (non-hydrogen) atoms. The van der Waals surface area contributed by atoms with Crippen molar-refractivity contribution in [3.05, 3.63) is 0 Å². The van der Waals surface area contributed by atoms with Crippen LogP contribution in [0.3, 0.4) is 0 Å². The normalized spacial score (nSPS) is 49.3. The van der Waals surface area contributed by atoms with Gasteiger partial charge in [0.1, 0.15) is 73.2 Å². The Morgan fingerprint density at radius 3 is 1.96 bits per heavy atom. The summed E-state index contributed by atoms with van der Waals surface area (Å²) in [6.45, 7) is 0.292. The molecule has 0 aliphatic carbocycles. The SMILES string of the molecule is CO[C@@H]1OC(CO)[C@@H](O[C@@H]2O[C@@H](CO)[C@H](O)C(O[C@]3(C(=O)O)C[C@@H](O)[C@@H](N)C([C@H](O)[C@H](O)CO)O3)C2O)C(O[C@@H]2OC(C)[C@@H](O)C(O)[C@@H]2O)[C@@H]1C. The maximum Gasteiger partial charge on any atom is 0.364 e. The number of carboxylic acid groups (broad SMARTS) is 1. The van der Waals surface area contributed by atoms with Gasteiger partial charge in [-0.2, -0.15) is 0 Å². The summed E-state index contributed by atoms with van der Waals surface area (Å²) in [5.41, 5.74) is 5.91. The van der Waals surface area contributed by atoms with E-state index in [9.17, 15) is 66.1 Å². The van der Waals surface area contributed by atoms with Gasteiger partial charge in [0, 0.05) is 19.4 Å². The molecule has 0 aromatic heterocycles. The zero-order chi connectivity index (χ0) is 38.1. The van der Waals surface area contributed by atoms with Gasteiger partial charge in [-0.25, -0.2) is 4.79 Å². The van der Waals surface area contributed by atoms with E-state index in [1.165, 1.54) is 14.0 Å². The third-order valence-electron chi connectivity index (χ3n) is 9.77. The molecule has 4 fully saturated rings. The summed E-state index contributed by atoms with van der Waals surface area (Å²) in [5.74, 6) is -5.69. The summed E-state index contributed by atoms with van der Waals surface area (Å²) in [4.78, 5) is 12.7. The molecule has 0 bridgehead atoms. The molecule has 22 heteroatoms. The molecule has 4 aliphatic heterocycles. The highest BCUT2D eigenvalue weighted by Crippen LogP contribution is 2.39. The molecule has 0 radical (unpaired) electrons. The number of rotatable bonds is 13. The quantitative estimate of drug-likeness (QED) is 0.0831. The molecule has 0 saturated carbocycles. The van der Waals surface area contributed by atoms with Crippen LogP contribution in [-0.4, -0.2) is 216 Å². The van der Waals surface area contributed by atoms with Crippen molar-refractivity contribution < 1.29 is 104 Å². The highest BCUT2D eigenvalue weighted by atomic mass is 16.8. The van der Waals surface area contributed by atoms with Crippen molar-refractivity contribution in [1.29, 1.82) is 0 Å². The number of methoxy groups -OCH3 is 1. The molecule has 14 N–H and O–H groups in total. The molecule has 4 heterocycles. The van der Waals surface area contributed by atoms with Gasteiger partial charge >= 0.3 is 5.97 Å². The van der Waals surface area contributed by atoms with E-state index in [1.807, 2.05) is 0 Å². The number of aliphatic hydroxyl groups is 11. The maximum absolute atomic E-state index is 12.7. The van der Waals surface area contributed by atoms with Crippen LogP contribution >= 0.6 is 0 Å². The van der Waals surface area contributed by atoms with Crippen LogP contribution in [0.1, 0.15) is 20.3 Å². The summed E-state index contributed by atoms with van der Waals surface area (Å²) in [6.07, 6.45) is -30.8. The molecule has 0 aromatic rings. The van der Waals surface area contributed by atoms with Crippen LogP contribution < -0.4 is 5.73 Å². The second-order valence-corrected chi connectivity index (χ2v) is 13.2. The van der Waals surface area contributed by atoms with Gasteiger partial charge in [-0.15, -0.1) is 0 Å². The zero-order valence-electron chi connectivity index (χ0n) is 28.0. The first-order valence-electron chi connectivity index (χ1n) is 16.4. The van der Waals surface area contributed by atoms with Crippen molar-refractivity contribution in [2.75, 3.05) is 26.9 Å². The van der Waals surface area contributed by atoms with Crippen LogP contribution in [0.15, 0.2) is 0 Å². The summed E-state index contributed by atoms with van der Waals surface area (Å²) in [5, 5.41) is 125. The van der Waals surface area contributed by atoms with Gasteiger partial charge in [0.15, 0.2) is 18.9 Å². The maximum atomic E-state index is 12.7. The number of hydrogen-bond acceptors (Lipinski definition) is 21. The molecular formula is C29H51NO21. The Hall–Kier alpha value is -1.33. The third-order valence-corrected chi connectivity index (χ3v) is 9.77. The van der Waals surface area contributed by atoms with Crippen molar-refractivity contribution in [3.63, 3.8) is 0 Å². The van der Waals surface area contributed by atoms with E-state index in [2.05, 4.69) is 0 Å². The van der Waals surface area contributed by atoms with Gasteiger partial charge in [-0.3, -0.25) is 0 Å². The lowest BCUT2D eigenvalue weighted by molar-refractivity contribution is -0.393. The molecular weight excluding hydrogens is 698 g/mol. The molecule has 0 amide bonds. The van der Waals surface area contributed by atoms with Gasteiger partial charge in [0.05, 0.1) is 44.2 Å². The number of aliphatic carboxylic acids is 1. The number of nitrogens with two attached hydrogens (primary N) is 1. The van der Waals surface area contributed by atoms with Crippen molar-refractivity contribution in [2.45, 2.75) is 143 Å². The minimum absolute atomic E-state index is 0.755. The van der Waals surface area contributed by atoms with Crippen molar-refractivity contribution in [2.24, 2.45) is 11.7 Å². The number of carbonyl (C=O) groups is 1. The number of hydrogen-bond donors (Lipinski definition) is 13. The molecule has 4 saturated heterocycles. The van der Waals surface area contributed by atoms with Crippen molar-refractivity contribution >= 4 is 5.97 Å². The van der Waals surface area contributed by atoms with Crippen LogP contribution in [-0.2, 0) is 42.7 Å². The van der Waals surface area contributed by atoms with Crippen LogP contribution in [0, 0.1) is 5.92 Å². The number of ether oxygens (including phenoxy) is 8. The predicted octanol–water partition coefficient (Wildman–Crippen LogP) is -7.62.